The lowest BCUT2D eigenvalue weighted by atomic mass is 9.91. The average molecular weight is 440 g/mol. The van der Waals surface area contributed by atoms with Gasteiger partial charge in [-0.15, -0.1) is 0 Å². The van der Waals surface area contributed by atoms with Gasteiger partial charge >= 0.3 is 12.1 Å². The summed E-state index contributed by atoms with van der Waals surface area (Å²) >= 11 is 0. The molecule has 0 aromatic heterocycles. The molecule has 4 aromatic rings. The SMILES string of the molecule is CCCCc1ccc(C(=O)O)c(-c2c(OC(=O)Oc3ccccc3)ccc3ccccc23)c1. The average Bonchev–Trinajstić information content (AvgIpc) is 2.83. The van der Waals surface area contributed by atoms with E-state index >= 15 is 0 Å². The van der Waals surface area contributed by atoms with Gasteiger partial charge in [-0.2, -0.15) is 0 Å². The minimum absolute atomic E-state index is 0.146. The number of unbranched alkanes of at least 4 members (excludes halogenated alkanes) is 1. The maximum absolute atomic E-state index is 12.6. The van der Waals surface area contributed by atoms with E-state index < -0.39 is 12.1 Å². The van der Waals surface area contributed by atoms with Crippen LogP contribution in [0.25, 0.3) is 21.9 Å². The first kappa shape index (κ1) is 22.1. The second-order valence-corrected chi connectivity index (χ2v) is 7.72. The van der Waals surface area contributed by atoms with Crippen LogP contribution in [0.3, 0.4) is 0 Å². The number of fused-ring (bicyclic) bond motifs is 1. The zero-order valence-corrected chi connectivity index (χ0v) is 18.3. The molecular formula is C28H24O5. The van der Waals surface area contributed by atoms with Gasteiger partial charge in [0, 0.05) is 11.1 Å². The molecule has 0 atom stereocenters. The molecule has 0 saturated heterocycles. The molecular weight excluding hydrogens is 416 g/mol. The molecule has 0 saturated carbocycles. The molecule has 5 heteroatoms. The summed E-state index contributed by atoms with van der Waals surface area (Å²) in [6, 6.07) is 25.1. The Labute approximate surface area is 192 Å². The first-order valence-electron chi connectivity index (χ1n) is 10.9. The number of carbonyl (C=O) groups excluding carboxylic acids is 1. The van der Waals surface area contributed by atoms with E-state index in [1.807, 2.05) is 48.5 Å². The summed E-state index contributed by atoms with van der Waals surface area (Å²) in [7, 11) is 0. The van der Waals surface area contributed by atoms with Crippen molar-refractivity contribution in [3.8, 4) is 22.6 Å². The van der Waals surface area contributed by atoms with Gasteiger partial charge < -0.3 is 14.6 Å². The van der Waals surface area contributed by atoms with Crippen LogP contribution in [0.15, 0.2) is 84.9 Å². The fourth-order valence-electron chi connectivity index (χ4n) is 3.83. The van der Waals surface area contributed by atoms with Gasteiger partial charge in [-0.05, 0) is 53.4 Å². The molecule has 0 aliphatic rings. The van der Waals surface area contributed by atoms with Crippen molar-refractivity contribution in [3.63, 3.8) is 0 Å². The maximum Gasteiger partial charge on any atom is 0.519 e. The number of carboxylic acids is 1. The van der Waals surface area contributed by atoms with Crippen LogP contribution in [0.5, 0.6) is 11.5 Å². The number of rotatable bonds is 7. The summed E-state index contributed by atoms with van der Waals surface area (Å²) in [5, 5.41) is 11.6. The highest BCUT2D eigenvalue weighted by Gasteiger charge is 2.21. The smallest absolute Gasteiger partial charge is 0.478 e. The lowest BCUT2D eigenvalue weighted by Gasteiger charge is -2.16. The second kappa shape index (κ2) is 10.0. The molecule has 0 bridgehead atoms. The normalized spacial score (nSPS) is 10.7. The molecule has 0 heterocycles. The molecule has 4 aromatic carbocycles. The quantitative estimate of drug-likeness (QED) is 0.244. The molecule has 1 N–H and O–H groups in total. The summed E-state index contributed by atoms with van der Waals surface area (Å²) < 4.78 is 10.9. The van der Waals surface area contributed by atoms with Gasteiger partial charge in [0.15, 0.2) is 0 Å². The first-order valence-corrected chi connectivity index (χ1v) is 10.9. The van der Waals surface area contributed by atoms with Crippen molar-refractivity contribution in [2.75, 3.05) is 0 Å². The van der Waals surface area contributed by atoms with Crippen molar-refractivity contribution < 1.29 is 24.2 Å². The zero-order valence-electron chi connectivity index (χ0n) is 18.3. The van der Waals surface area contributed by atoms with E-state index in [-0.39, 0.29) is 11.3 Å². The third-order valence-corrected chi connectivity index (χ3v) is 5.43. The van der Waals surface area contributed by atoms with Crippen LogP contribution in [0.1, 0.15) is 35.7 Å². The highest BCUT2D eigenvalue weighted by Crippen LogP contribution is 2.40. The summed E-state index contributed by atoms with van der Waals surface area (Å²) in [5.41, 5.74) is 2.24. The van der Waals surface area contributed by atoms with Crippen molar-refractivity contribution in [2.24, 2.45) is 0 Å². The minimum Gasteiger partial charge on any atom is -0.478 e. The van der Waals surface area contributed by atoms with Crippen molar-refractivity contribution in [3.05, 3.63) is 96.1 Å². The number of carboxylic acid groups (broad SMARTS) is 1. The molecule has 0 fully saturated rings. The Kier molecular flexibility index (Phi) is 6.69. The van der Waals surface area contributed by atoms with Crippen LogP contribution in [-0.2, 0) is 6.42 Å². The summed E-state index contributed by atoms with van der Waals surface area (Å²) in [6.45, 7) is 2.11. The molecule has 0 unspecified atom stereocenters. The lowest BCUT2D eigenvalue weighted by molar-refractivity contribution is 0.0697. The third kappa shape index (κ3) is 5.04. The Hall–Kier alpha value is -4.12. The first-order chi connectivity index (χ1) is 16.1. The molecule has 4 rings (SSSR count). The molecule has 5 nitrogen and oxygen atoms in total. The third-order valence-electron chi connectivity index (χ3n) is 5.43. The van der Waals surface area contributed by atoms with E-state index in [0.29, 0.717) is 16.9 Å². The summed E-state index contributed by atoms with van der Waals surface area (Å²) in [4.78, 5) is 24.7. The molecule has 0 radical (unpaired) electrons. The van der Waals surface area contributed by atoms with E-state index in [1.54, 1.807) is 36.4 Å². The predicted molar refractivity (Wildman–Crippen MR) is 128 cm³/mol. The molecule has 0 amide bonds. The fraction of sp³-hybridized carbons (Fsp3) is 0.143. The van der Waals surface area contributed by atoms with E-state index in [4.69, 9.17) is 9.47 Å². The Morgan fingerprint density at radius 3 is 2.36 bits per heavy atom. The van der Waals surface area contributed by atoms with Gasteiger partial charge in [-0.1, -0.05) is 74.0 Å². The van der Waals surface area contributed by atoms with Crippen molar-refractivity contribution in [1.82, 2.24) is 0 Å². The van der Waals surface area contributed by atoms with Crippen LogP contribution < -0.4 is 9.47 Å². The lowest BCUT2D eigenvalue weighted by Crippen LogP contribution is -2.14. The second-order valence-electron chi connectivity index (χ2n) is 7.72. The Balaban J connectivity index is 1.84. The molecule has 33 heavy (non-hydrogen) atoms. The molecule has 166 valence electrons. The largest absolute Gasteiger partial charge is 0.519 e. The predicted octanol–water partition coefficient (Wildman–Crippen LogP) is 7.13. The van der Waals surface area contributed by atoms with Gasteiger partial charge in [-0.25, -0.2) is 9.59 Å². The summed E-state index contributed by atoms with van der Waals surface area (Å²) in [5.74, 6) is -0.444. The number of hydrogen-bond donors (Lipinski definition) is 1. The highest BCUT2D eigenvalue weighted by molar-refractivity contribution is 6.06. The van der Waals surface area contributed by atoms with E-state index in [0.717, 1.165) is 35.6 Å². The number of aryl methyl sites for hydroxylation is 1. The van der Waals surface area contributed by atoms with Gasteiger partial charge in [0.05, 0.1) is 5.56 Å². The minimum atomic E-state index is -1.04. The Bertz CT molecular complexity index is 1290. The van der Waals surface area contributed by atoms with Gasteiger partial charge in [0.25, 0.3) is 0 Å². The van der Waals surface area contributed by atoms with Crippen LogP contribution in [-0.4, -0.2) is 17.2 Å². The van der Waals surface area contributed by atoms with Gasteiger partial charge in [-0.3, -0.25) is 0 Å². The number of hydrogen-bond acceptors (Lipinski definition) is 4. The van der Waals surface area contributed by atoms with Crippen molar-refractivity contribution in [2.45, 2.75) is 26.2 Å². The maximum atomic E-state index is 12.6. The van der Waals surface area contributed by atoms with Gasteiger partial charge in [0.1, 0.15) is 11.5 Å². The topological polar surface area (TPSA) is 72.8 Å². The van der Waals surface area contributed by atoms with Crippen LogP contribution >= 0.6 is 0 Å². The Morgan fingerprint density at radius 2 is 1.61 bits per heavy atom. The van der Waals surface area contributed by atoms with Crippen molar-refractivity contribution >= 4 is 22.9 Å². The molecule has 0 aliphatic heterocycles. The standard InChI is InChI=1S/C28H24O5/c1-2-3-9-19-14-16-23(27(29)30)24(18-19)26-22-13-8-7-10-20(22)15-17-25(26)33-28(31)32-21-11-5-4-6-12-21/h4-8,10-18H,2-3,9H2,1H3,(H,29,30). The number of benzene rings is 4. The van der Waals surface area contributed by atoms with E-state index in [2.05, 4.69) is 6.92 Å². The number of carbonyl (C=O) groups is 2. The van der Waals surface area contributed by atoms with E-state index in [9.17, 15) is 14.7 Å². The number of para-hydroxylation sites is 1. The van der Waals surface area contributed by atoms with Crippen LogP contribution in [0.2, 0.25) is 0 Å². The fourth-order valence-corrected chi connectivity index (χ4v) is 3.83. The summed E-state index contributed by atoms with van der Waals surface area (Å²) in [6.07, 6.45) is 1.97. The Morgan fingerprint density at radius 1 is 0.848 bits per heavy atom. The van der Waals surface area contributed by atoms with Gasteiger partial charge in [0.2, 0.25) is 0 Å². The number of ether oxygens (including phenoxy) is 2. The zero-order chi connectivity index (χ0) is 23.2. The van der Waals surface area contributed by atoms with Crippen LogP contribution in [0.4, 0.5) is 4.79 Å². The van der Waals surface area contributed by atoms with Crippen LogP contribution in [0, 0.1) is 0 Å². The van der Waals surface area contributed by atoms with E-state index in [1.165, 1.54) is 0 Å². The number of aromatic carboxylic acids is 1. The van der Waals surface area contributed by atoms with Crippen molar-refractivity contribution in [1.29, 1.82) is 0 Å². The highest BCUT2D eigenvalue weighted by atomic mass is 16.7. The molecule has 0 aliphatic carbocycles. The monoisotopic (exact) mass is 440 g/mol. The molecule has 0 spiro atoms.